The molecule has 0 saturated carbocycles. The molecule has 0 aromatic heterocycles. The molecule has 0 fully saturated rings. The lowest BCUT2D eigenvalue weighted by molar-refractivity contribution is 0.0600. The van der Waals surface area contributed by atoms with Gasteiger partial charge in [-0.2, -0.15) is 0 Å². The molecule has 4 heteroatoms. The van der Waals surface area contributed by atoms with E-state index in [1.807, 2.05) is 49.5 Å². The molecule has 0 spiro atoms. The monoisotopic (exact) mass is 327 g/mol. The van der Waals surface area contributed by atoms with Crippen molar-refractivity contribution >= 4 is 5.97 Å². The van der Waals surface area contributed by atoms with Crippen LogP contribution in [-0.4, -0.2) is 43.2 Å². The summed E-state index contributed by atoms with van der Waals surface area (Å²) in [5.74, 6) is -0.309. The van der Waals surface area contributed by atoms with Gasteiger partial charge in [0.1, 0.15) is 0 Å². The molecule has 0 saturated heterocycles. The van der Waals surface area contributed by atoms with Gasteiger partial charge in [-0.25, -0.2) is 4.79 Å². The molecule has 0 aliphatic carbocycles. The summed E-state index contributed by atoms with van der Waals surface area (Å²) in [6.45, 7) is 1.52. The summed E-state index contributed by atoms with van der Waals surface area (Å²) < 4.78 is 4.69. The van der Waals surface area contributed by atoms with Gasteiger partial charge in [-0.1, -0.05) is 42.5 Å². The van der Waals surface area contributed by atoms with Gasteiger partial charge >= 0.3 is 5.97 Å². The van der Waals surface area contributed by atoms with Crippen LogP contribution in [0.25, 0.3) is 0 Å². The van der Waals surface area contributed by atoms with Crippen LogP contribution in [0, 0.1) is 0 Å². The number of aliphatic hydroxyl groups is 1. The molecule has 24 heavy (non-hydrogen) atoms. The number of benzene rings is 2. The van der Waals surface area contributed by atoms with E-state index < -0.39 is 6.10 Å². The van der Waals surface area contributed by atoms with E-state index in [0.29, 0.717) is 12.1 Å². The largest absolute Gasteiger partial charge is 0.465 e. The maximum atomic E-state index is 11.4. The average Bonchev–Trinajstić information content (AvgIpc) is 2.62. The SMILES string of the molecule is COC(=O)c1ccc(CCCN(C)C[C@@H](O)c2ccccc2)cc1. The Hall–Kier alpha value is -2.17. The van der Waals surface area contributed by atoms with Crippen molar-refractivity contribution in [1.82, 2.24) is 4.90 Å². The van der Waals surface area contributed by atoms with Crippen LogP contribution in [0.4, 0.5) is 0 Å². The second kappa shape index (κ2) is 9.21. The minimum atomic E-state index is -0.462. The summed E-state index contributed by atoms with van der Waals surface area (Å²) in [6, 6.07) is 17.2. The Balaban J connectivity index is 1.74. The van der Waals surface area contributed by atoms with Gasteiger partial charge in [-0.05, 0) is 49.7 Å². The number of likely N-dealkylation sites (N-methyl/N-ethyl adjacent to an activating group) is 1. The molecular formula is C20H25NO3. The molecule has 1 atom stereocenters. The number of nitrogens with zero attached hydrogens (tertiary/aromatic N) is 1. The Labute approximate surface area is 143 Å². The zero-order valence-corrected chi connectivity index (χ0v) is 14.3. The van der Waals surface area contributed by atoms with Crippen LogP contribution in [0.5, 0.6) is 0 Å². The molecule has 0 aliphatic rings. The molecule has 128 valence electrons. The summed E-state index contributed by atoms with van der Waals surface area (Å²) in [5, 5.41) is 10.2. The first-order valence-corrected chi connectivity index (χ1v) is 8.19. The molecule has 2 aromatic carbocycles. The Kier molecular flexibility index (Phi) is 6.97. The Morgan fingerprint density at radius 3 is 2.42 bits per heavy atom. The number of carbonyl (C=O) groups excluding carboxylic acids is 1. The second-order valence-electron chi connectivity index (χ2n) is 5.98. The van der Waals surface area contributed by atoms with Crippen molar-refractivity contribution in [2.45, 2.75) is 18.9 Å². The van der Waals surface area contributed by atoms with E-state index in [1.165, 1.54) is 12.7 Å². The van der Waals surface area contributed by atoms with Gasteiger partial charge in [0.15, 0.2) is 0 Å². The summed E-state index contributed by atoms with van der Waals surface area (Å²) in [6.07, 6.45) is 1.47. The number of aryl methyl sites for hydroxylation is 1. The number of aliphatic hydroxyl groups excluding tert-OH is 1. The molecule has 0 radical (unpaired) electrons. The van der Waals surface area contributed by atoms with Crippen molar-refractivity contribution in [1.29, 1.82) is 0 Å². The van der Waals surface area contributed by atoms with Gasteiger partial charge in [-0.3, -0.25) is 0 Å². The molecule has 2 aromatic rings. The van der Waals surface area contributed by atoms with Gasteiger partial charge in [-0.15, -0.1) is 0 Å². The number of methoxy groups -OCH3 is 1. The number of carbonyl (C=O) groups is 1. The van der Waals surface area contributed by atoms with Crippen LogP contribution >= 0.6 is 0 Å². The van der Waals surface area contributed by atoms with E-state index in [1.54, 1.807) is 12.1 Å². The van der Waals surface area contributed by atoms with Crippen LogP contribution in [0.1, 0.15) is 34.0 Å². The summed E-state index contributed by atoms with van der Waals surface area (Å²) >= 11 is 0. The van der Waals surface area contributed by atoms with E-state index in [0.717, 1.165) is 24.9 Å². The summed E-state index contributed by atoms with van der Waals surface area (Å²) in [4.78, 5) is 13.5. The first-order chi connectivity index (χ1) is 11.6. The highest BCUT2D eigenvalue weighted by molar-refractivity contribution is 5.89. The predicted molar refractivity (Wildman–Crippen MR) is 95.0 cm³/mol. The normalized spacial score (nSPS) is 12.2. The molecule has 0 amide bonds. The lowest BCUT2D eigenvalue weighted by atomic mass is 10.1. The van der Waals surface area contributed by atoms with Crippen LogP contribution in [-0.2, 0) is 11.2 Å². The van der Waals surface area contributed by atoms with Gasteiger partial charge in [0.05, 0.1) is 18.8 Å². The Morgan fingerprint density at radius 2 is 1.79 bits per heavy atom. The van der Waals surface area contributed by atoms with Gasteiger partial charge < -0.3 is 14.7 Å². The minimum Gasteiger partial charge on any atom is -0.465 e. The van der Waals surface area contributed by atoms with E-state index in [9.17, 15) is 9.90 Å². The van der Waals surface area contributed by atoms with Gasteiger partial charge in [0, 0.05) is 6.54 Å². The van der Waals surface area contributed by atoms with E-state index >= 15 is 0 Å². The maximum Gasteiger partial charge on any atom is 0.337 e. The van der Waals surface area contributed by atoms with Crippen LogP contribution in [0.3, 0.4) is 0 Å². The van der Waals surface area contributed by atoms with E-state index in [2.05, 4.69) is 4.90 Å². The van der Waals surface area contributed by atoms with Crippen molar-refractivity contribution in [3.63, 3.8) is 0 Å². The third-order valence-electron chi connectivity index (χ3n) is 4.05. The molecule has 1 N–H and O–H groups in total. The highest BCUT2D eigenvalue weighted by Gasteiger charge is 2.10. The standard InChI is InChI=1S/C20H25NO3/c1-21(15-19(22)17-8-4-3-5-9-17)14-6-7-16-10-12-18(13-11-16)20(23)24-2/h3-5,8-13,19,22H,6-7,14-15H2,1-2H3/t19-/m1/s1. The topological polar surface area (TPSA) is 49.8 Å². The average molecular weight is 327 g/mol. The van der Waals surface area contributed by atoms with E-state index in [-0.39, 0.29) is 5.97 Å². The van der Waals surface area contributed by atoms with Crippen LogP contribution in [0.2, 0.25) is 0 Å². The predicted octanol–water partition coefficient (Wildman–Crippen LogP) is 3.07. The van der Waals surface area contributed by atoms with Crippen LogP contribution < -0.4 is 0 Å². The minimum absolute atomic E-state index is 0.309. The van der Waals surface area contributed by atoms with Crippen molar-refractivity contribution in [2.24, 2.45) is 0 Å². The Bertz CT molecular complexity index is 625. The summed E-state index contributed by atoms with van der Waals surface area (Å²) in [5.41, 5.74) is 2.71. The number of ether oxygens (including phenoxy) is 1. The summed E-state index contributed by atoms with van der Waals surface area (Å²) in [7, 11) is 3.41. The van der Waals surface area contributed by atoms with Crippen LogP contribution in [0.15, 0.2) is 54.6 Å². The van der Waals surface area contributed by atoms with E-state index in [4.69, 9.17) is 4.74 Å². The zero-order valence-electron chi connectivity index (χ0n) is 14.3. The molecule has 0 unspecified atom stereocenters. The second-order valence-corrected chi connectivity index (χ2v) is 5.98. The number of hydrogen-bond donors (Lipinski definition) is 1. The number of hydrogen-bond acceptors (Lipinski definition) is 4. The van der Waals surface area contributed by atoms with Crippen molar-refractivity contribution < 1.29 is 14.6 Å². The highest BCUT2D eigenvalue weighted by Crippen LogP contribution is 2.13. The quantitative estimate of drug-likeness (QED) is 0.757. The zero-order chi connectivity index (χ0) is 17.4. The van der Waals surface area contributed by atoms with Crippen molar-refractivity contribution in [3.8, 4) is 0 Å². The fourth-order valence-electron chi connectivity index (χ4n) is 2.65. The Morgan fingerprint density at radius 1 is 1.12 bits per heavy atom. The lowest BCUT2D eigenvalue weighted by Crippen LogP contribution is -2.26. The fourth-order valence-corrected chi connectivity index (χ4v) is 2.65. The highest BCUT2D eigenvalue weighted by atomic mass is 16.5. The third-order valence-corrected chi connectivity index (χ3v) is 4.05. The smallest absolute Gasteiger partial charge is 0.337 e. The fraction of sp³-hybridized carbons (Fsp3) is 0.350. The third kappa shape index (κ3) is 5.48. The molecule has 4 nitrogen and oxygen atoms in total. The van der Waals surface area contributed by atoms with Gasteiger partial charge in [0.25, 0.3) is 0 Å². The lowest BCUT2D eigenvalue weighted by Gasteiger charge is -2.20. The molecular weight excluding hydrogens is 302 g/mol. The number of rotatable bonds is 8. The molecule has 2 rings (SSSR count). The first kappa shape index (κ1) is 18.2. The maximum absolute atomic E-state index is 11.4. The number of esters is 1. The van der Waals surface area contributed by atoms with Crippen molar-refractivity contribution in [2.75, 3.05) is 27.2 Å². The molecule has 0 bridgehead atoms. The van der Waals surface area contributed by atoms with Crippen molar-refractivity contribution in [3.05, 3.63) is 71.3 Å². The first-order valence-electron chi connectivity index (χ1n) is 8.19. The molecule has 0 heterocycles. The molecule has 0 aliphatic heterocycles. The van der Waals surface area contributed by atoms with Gasteiger partial charge in [0.2, 0.25) is 0 Å².